The molecule has 4 heteroatoms. The number of hydrogen-bond donors (Lipinski definition) is 0. The van der Waals surface area contributed by atoms with Crippen molar-refractivity contribution in [3.05, 3.63) is 0 Å². The Morgan fingerprint density at radius 3 is 2.33 bits per heavy atom. The normalized spacial score (nSPS) is 29.3. The number of hydrogen-bond acceptors (Lipinski definition) is 4. The minimum Gasteiger partial charge on any atom is -0.377 e. The van der Waals surface area contributed by atoms with E-state index in [4.69, 9.17) is 4.74 Å². The molecule has 0 radical (unpaired) electrons. The highest BCUT2D eigenvalue weighted by molar-refractivity contribution is 5.81. The third kappa shape index (κ3) is 3.55. The van der Waals surface area contributed by atoms with Gasteiger partial charge in [-0.15, -0.1) is 0 Å². The number of Topliss-reactive ketones (excluding diaryl/α,β-unsaturated/α-hetero) is 1. The van der Waals surface area contributed by atoms with Gasteiger partial charge in [0.2, 0.25) is 0 Å². The molecule has 0 aromatic heterocycles. The molecule has 1 aliphatic rings. The van der Waals surface area contributed by atoms with Crippen molar-refractivity contribution in [2.24, 2.45) is 0 Å². The van der Waals surface area contributed by atoms with Gasteiger partial charge in [0, 0.05) is 32.3 Å². The smallest absolute Gasteiger partial charge is 0.172 e. The van der Waals surface area contributed by atoms with E-state index in [1.54, 1.807) is 7.11 Å². The summed E-state index contributed by atoms with van der Waals surface area (Å²) < 4.78 is 4.83. The highest BCUT2D eigenvalue weighted by Gasteiger charge is 2.27. The highest BCUT2D eigenvalue weighted by atomic mass is 16.5. The Kier molecular flexibility index (Phi) is 4.70. The lowest BCUT2D eigenvalue weighted by atomic mass is 10.1. The molecule has 0 amide bonds. The zero-order valence-corrected chi connectivity index (χ0v) is 10.2. The van der Waals surface area contributed by atoms with Crippen molar-refractivity contribution in [3.8, 4) is 0 Å². The van der Waals surface area contributed by atoms with Gasteiger partial charge in [-0.05, 0) is 20.9 Å². The fourth-order valence-electron chi connectivity index (χ4n) is 2.10. The van der Waals surface area contributed by atoms with E-state index < -0.39 is 0 Å². The number of carbonyl (C=O) groups excluding carboxylic acids is 1. The molecule has 1 aliphatic heterocycles. The topological polar surface area (TPSA) is 32.8 Å². The first-order chi connectivity index (χ1) is 7.04. The van der Waals surface area contributed by atoms with Gasteiger partial charge in [-0.2, -0.15) is 0 Å². The molecule has 88 valence electrons. The van der Waals surface area contributed by atoms with Crippen LogP contribution in [0.5, 0.6) is 0 Å². The van der Waals surface area contributed by atoms with Crippen LogP contribution in [0, 0.1) is 0 Å². The summed E-state index contributed by atoms with van der Waals surface area (Å²) in [5.41, 5.74) is 0. The molecule has 1 rings (SSSR count). The molecule has 1 heterocycles. The van der Waals surface area contributed by atoms with E-state index >= 15 is 0 Å². The van der Waals surface area contributed by atoms with Gasteiger partial charge >= 0.3 is 0 Å². The van der Waals surface area contributed by atoms with Crippen LogP contribution in [0.1, 0.15) is 13.8 Å². The Morgan fingerprint density at radius 1 is 1.33 bits per heavy atom. The maximum atomic E-state index is 11.4. The second-order valence-electron chi connectivity index (χ2n) is 4.53. The molecule has 0 aliphatic carbocycles. The van der Waals surface area contributed by atoms with Crippen LogP contribution in [0.15, 0.2) is 0 Å². The van der Waals surface area contributed by atoms with Gasteiger partial charge in [-0.25, -0.2) is 0 Å². The van der Waals surface area contributed by atoms with E-state index in [0.717, 1.165) is 13.1 Å². The number of piperazine rings is 1. The Hall–Kier alpha value is -0.450. The number of nitrogens with zero attached hydrogens (tertiary/aromatic N) is 2. The molecule has 1 fully saturated rings. The summed E-state index contributed by atoms with van der Waals surface area (Å²) in [6.07, 6.45) is 0. The van der Waals surface area contributed by atoms with Crippen molar-refractivity contribution < 1.29 is 9.53 Å². The molecule has 0 saturated carbocycles. The second-order valence-corrected chi connectivity index (χ2v) is 4.53. The van der Waals surface area contributed by atoms with Crippen LogP contribution in [0.25, 0.3) is 0 Å². The Bertz CT molecular complexity index is 209. The standard InChI is InChI=1S/C11H22N2O2/c1-9-5-13(6-10(2)12(9)3)7-11(14)8-15-4/h9-10H,5-8H2,1-4H3. The maximum absolute atomic E-state index is 11.4. The molecule has 2 atom stereocenters. The van der Waals surface area contributed by atoms with Gasteiger partial charge < -0.3 is 4.74 Å². The van der Waals surface area contributed by atoms with E-state index in [-0.39, 0.29) is 12.4 Å². The molecule has 0 aromatic rings. The van der Waals surface area contributed by atoms with Crippen LogP contribution in [-0.2, 0) is 9.53 Å². The van der Waals surface area contributed by atoms with Gasteiger partial charge in [0.15, 0.2) is 5.78 Å². The number of rotatable bonds is 4. The van der Waals surface area contributed by atoms with Crippen LogP contribution < -0.4 is 0 Å². The van der Waals surface area contributed by atoms with E-state index in [1.165, 1.54) is 0 Å². The molecule has 15 heavy (non-hydrogen) atoms. The van der Waals surface area contributed by atoms with Gasteiger partial charge in [-0.1, -0.05) is 0 Å². The van der Waals surface area contributed by atoms with E-state index in [9.17, 15) is 4.79 Å². The van der Waals surface area contributed by atoms with Crippen molar-refractivity contribution in [2.75, 3.05) is 40.4 Å². The van der Waals surface area contributed by atoms with Gasteiger partial charge in [0.25, 0.3) is 0 Å². The third-order valence-corrected chi connectivity index (χ3v) is 3.14. The summed E-state index contributed by atoms with van der Waals surface area (Å²) in [6.45, 7) is 7.09. The van der Waals surface area contributed by atoms with Crippen LogP contribution in [0.2, 0.25) is 0 Å². The minimum atomic E-state index is 0.168. The fraction of sp³-hybridized carbons (Fsp3) is 0.909. The summed E-state index contributed by atoms with van der Waals surface area (Å²) in [4.78, 5) is 16.0. The zero-order valence-electron chi connectivity index (χ0n) is 10.2. The monoisotopic (exact) mass is 214 g/mol. The molecular weight excluding hydrogens is 192 g/mol. The molecule has 1 saturated heterocycles. The minimum absolute atomic E-state index is 0.168. The van der Waals surface area contributed by atoms with E-state index in [2.05, 4.69) is 30.7 Å². The quantitative estimate of drug-likeness (QED) is 0.670. The average molecular weight is 214 g/mol. The summed E-state index contributed by atoms with van der Waals surface area (Å²) >= 11 is 0. The van der Waals surface area contributed by atoms with Gasteiger partial charge in [-0.3, -0.25) is 14.6 Å². The third-order valence-electron chi connectivity index (χ3n) is 3.14. The SMILES string of the molecule is COCC(=O)CN1CC(C)N(C)C(C)C1. The van der Waals surface area contributed by atoms with Crippen molar-refractivity contribution in [3.63, 3.8) is 0 Å². The van der Waals surface area contributed by atoms with E-state index in [0.29, 0.717) is 18.6 Å². The number of methoxy groups -OCH3 is 1. The number of ether oxygens (including phenoxy) is 1. The van der Waals surface area contributed by atoms with E-state index in [1.807, 2.05) is 0 Å². The second kappa shape index (κ2) is 5.58. The molecule has 4 nitrogen and oxygen atoms in total. The molecular formula is C11H22N2O2. The first-order valence-electron chi connectivity index (χ1n) is 5.49. The van der Waals surface area contributed by atoms with Crippen molar-refractivity contribution in [2.45, 2.75) is 25.9 Å². The van der Waals surface area contributed by atoms with Crippen molar-refractivity contribution >= 4 is 5.78 Å². The van der Waals surface area contributed by atoms with Crippen LogP contribution >= 0.6 is 0 Å². The fourth-order valence-corrected chi connectivity index (χ4v) is 2.10. The lowest BCUT2D eigenvalue weighted by molar-refractivity contribution is -0.124. The lowest BCUT2D eigenvalue weighted by Crippen LogP contribution is -2.55. The Balaban J connectivity index is 2.41. The molecule has 0 spiro atoms. The molecule has 0 N–H and O–H groups in total. The summed E-state index contributed by atoms with van der Waals surface area (Å²) in [5.74, 6) is 0.168. The van der Waals surface area contributed by atoms with Crippen molar-refractivity contribution in [1.82, 2.24) is 9.80 Å². The van der Waals surface area contributed by atoms with Crippen LogP contribution in [-0.4, -0.2) is 68.1 Å². The summed E-state index contributed by atoms with van der Waals surface area (Å²) in [7, 11) is 3.71. The number of carbonyl (C=O) groups is 1. The average Bonchev–Trinajstić information content (AvgIpc) is 2.14. The Labute approximate surface area is 92.2 Å². The first kappa shape index (κ1) is 12.6. The predicted octanol–water partition coefficient (Wildman–Crippen LogP) is 0.226. The number of ketones is 1. The number of likely N-dealkylation sites (N-methyl/N-ethyl adjacent to an activating group) is 1. The molecule has 2 unspecified atom stereocenters. The molecule has 0 bridgehead atoms. The zero-order chi connectivity index (χ0) is 11.4. The molecule has 0 aromatic carbocycles. The van der Waals surface area contributed by atoms with Crippen molar-refractivity contribution in [1.29, 1.82) is 0 Å². The summed E-state index contributed by atoms with van der Waals surface area (Å²) in [6, 6.07) is 1.04. The largest absolute Gasteiger partial charge is 0.377 e. The van der Waals surface area contributed by atoms with Gasteiger partial charge in [0.05, 0.1) is 6.54 Å². The highest BCUT2D eigenvalue weighted by Crippen LogP contribution is 2.12. The first-order valence-corrected chi connectivity index (χ1v) is 5.49. The van der Waals surface area contributed by atoms with Crippen LogP contribution in [0.3, 0.4) is 0 Å². The van der Waals surface area contributed by atoms with Gasteiger partial charge in [0.1, 0.15) is 6.61 Å². The van der Waals surface area contributed by atoms with Crippen LogP contribution in [0.4, 0.5) is 0 Å². The Morgan fingerprint density at radius 2 is 1.87 bits per heavy atom. The predicted molar refractivity (Wildman–Crippen MR) is 60.0 cm³/mol. The lowest BCUT2D eigenvalue weighted by Gasteiger charge is -2.42. The maximum Gasteiger partial charge on any atom is 0.172 e. The summed E-state index contributed by atoms with van der Waals surface area (Å²) in [5, 5.41) is 0.